The van der Waals surface area contributed by atoms with Gasteiger partial charge in [-0.2, -0.15) is 18.4 Å². The molecule has 1 heterocycles. The Kier molecular flexibility index (Phi) is 9.47. The highest BCUT2D eigenvalue weighted by atomic mass is 35.5. The number of carbonyl (C=O) groups is 2. The highest BCUT2D eigenvalue weighted by Gasteiger charge is 2.60. The second-order valence-corrected chi connectivity index (χ2v) is 11.0. The van der Waals surface area contributed by atoms with Gasteiger partial charge in [-0.05, 0) is 47.6 Å². The van der Waals surface area contributed by atoms with Crippen molar-refractivity contribution in [2.45, 2.75) is 63.7 Å². The summed E-state index contributed by atoms with van der Waals surface area (Å²) in [5.41, 5.74) is -0.0966. The van der Waals surface area contributed by atoms with Gasteiger partial charge in [-0.15, -0.1) is 0 Å². The summed E-state index contributed by atoms with van der Waals surface area (Å²) in [4.78, 5) is 21.2. The molecule has 0 bridgehead atoms. The fourth-order valence-corrected chi connectivity index (χ4v) is 4.95. The summed E-state index contributed by atoms with van der Waals surface area (Å²) in [6.45, 7) is 7.88. The first-order valence-corrected chi connectivity index (χ1v) is 12.0. The fourth-order valence-electron chi connectivity index (χ4n) is 4.65. The predicted octanol–water partition coefficient (Wildman–Crippen LogP) is 6.48. The zero-order valence-electron chi connectivity index (χ0n) is 20.8. The molecule has 206 valence electrons. The molecule has 1 aliphatic rings. The van der Waals surface area contributed by atoms with E-state index in [1.165, 1.54) is 12.1 Å². The Hall–Kier alpha value is -2.87. The lowest BCUT2D eigenvalue weighted by Gasteiger charge is -2.37. The van der Waals surface area contributed by atoms with Gasteiger partial charge < -0.3 is 10.2 Å². The summed E-state index contributed by atoms with van der Waals surface area (Å²) in [6.07, 6.45) is -4.58. The number of hydrogen-bond acceptors (Lipinski definition) is 4. The van der Waals surface area contributed by atoms with Gasteiger partial charge in [-0.3, -0.25) is 10.1 Å². The molecule has 0 spiro atoms. The van der Waals surface area contributed by atoms with E-state index in [9.17, 15) is 28.3 Å². The van der Waals surface area contributed by atoms with Crippen LogP contribution in [0.3, 0.4) is 0 Å². The molecule has 0 radical (unpaired) electrons. The molecule has 2 aromatic rings. The van der Waals surface area contributed by atoms with E-state index in [0.717, 1.165) is 5.56 Å². The summed E-state index contributed by atoms with van der Waals surface area (Å²) in [5.74, 6) is -5.61. The lowest BCUT2D eigenvalue weighted by molar-refractivity contribution is -0.192. The average Bonchev–Trinajstić information content (AvgIpc) is 3.10. The van der Waals surface area contributed by atoms with Gasteiger partial charge in [0, 0.05) is 17.0 Å². The molecule has 0 aromatic heterocycles. The smallest absolute Gasteiger partial charge is 0.480 e. The Morgan fingerprint density at radius 2 is 1.68 bits per heavy atom. The third-order valence-electron chi connectivity index (χ3n) is 6.22. The van der Waals surface area contributed by atoms with Gasteiger partial charge in [0.2, 0.25) is 0 Å². The first-order chi connectivity index (χ1) is 17.4. The van der Waals surface area contributed by atoms with Gasteiger partial charge in [0.25, 0.3) is 0 Å². The molecule has 0 saturated carbocycles. The van der Waals surface area contributed by atoms with Crippen molar-refractivity contribution in [2.24, 2.45) is 5.41 Å². The minimum absolute atomic E-state index is 0.109. The van der Waals surface area contributed by atoms with Crippen molar-refractivity contribution in [3.63, 3.8) is 0 Å². The number of alkyl halides is 3. The summed E-state index contributed by atoms with van der Waals surface area (Å²) in [7, 11) is 0. The zero-order valence-corrected chi connectivity index (χ0v) is 22.3. The molecule has 3 N–H and O–H groups in total. The largest absolute Gasteiger partial charge is 0.490 e. The molecule has 0 aliphatic carbocycles. The SMILES string of the molecule is Cc1cc(C2(C#N)C(CC(C)(C)C)NC(C(=O)O)C2c2cccc(Cl)c2F)ccc1Cl.O=C(O)C(F)(F)F. The predicted molar refractivity (Wildman–Crippen MR) is 134 cm³/mol. The van der Waals surface area contributed by atoms with Crippen LogP contribution in [0.4, 0.5) is 17.6 Å². The number of halogens is 6. The first-order valence-electron chi connectivity index (χ1n) is 11.3. The van der Waals surface area contributed by atoms with E-state index in [4.69, 9.17) is 33.1 Å². The average molecular weight is 577 g/mol. The Morgan fingerprint density at radius 1 is 1.11 bits per heavy atom. The molecule has 6 nitrogen and oxygen atoms in total. The second kappa shape index (κ2) is 11.5. The van der Waals surface area contributed by atoms with Gasteiger partial charge in [-0.25, -0.2) is 9.18 Å². The quantitative estimate of drug-likeness (QED) is 0.359. The first kappa shape index (κ1) is 31.3. The molecule has 12 heteroatoms. The van der Waals surface area contributed by atoms with E-state index >= 15 is 4.39 Å². The third kappa shape index (κ3) is 6.57. The van der Waals surface area contributed by atoms with Gasteiger partial charge in [0.15, 0.2) is 0 Å². The van der Waals surface area contributed by atoms with Crippen LogP contribution in [0.2, 0.25) is 10.0 Å². The maximum Gasteiger partial charge on any atom is 0.490 e. The van der Waals surface area contributed by atoms with E-state index in [2.05, 4.69) is 11.4 Å². The maximum absolute atomic E-state index is 15.2. The van der Waals surface area contributed by atoms with E-state index in [1.54, 1.807) is 24.3 Å². The third-order valence-corrected chi connectivity index (χ3v) is 6.93. The van der Waals surface area contributed by atoms with E-state index in [0.29, 0.717) is 17.0 Å². The van der Waals surface area contributed by atoms with E-state index < -0.39 is 47.3 Å². The molecule has 1 saturated heterocycles. The number of rotatable bonds is 4. The van der Waals surface area contributed by atoms with Gasteiger partial charge in [-0.1, -0.05) is 68.2 Å². The van der Waals surface area contributed by atoms with Crippen LogP contribution in [0.1, 0.15) is 49.8 Å². The van der Waals surface area contributed by atoms with Crippen LogP contribution in [0.25, 0.3) is 0 Å². The number of nitrogens with one attached hydrogen (secondary N) is 1. The summed E-state index contributed by atoms with van der Waals surface area (Å²) in [5, 5.41) is 31.4. The summed E-state index contributed by atoms with van der Waals surface area (Å²) >= 11 is 12.3. The van der Waals surface area contributed by atoms with E-state index in [-0.39, 0.29) is 16.0 Å². The number of carboxylic acid groups (broad SMARTS) is 2. The van der Waals surface area contributed by atoms with Crippen molar-refractivity contribution in [1.82, 2.24) is 5.32 Å². The lowest BCUT2D eigenvalue weighted by atomic mass is 9.62. The second-order valence-electron chi connectivity index (χ2n) is 10.2. The van der Waals surface area contributed by atoms with Crippen molar-refractivity contribution < 1.29 is 37.4 Å². The van der Waals surface area contributed by atoms with Crippen molar-refractivity contribution in [3.8, 4) is 6.07 Å². The molecule has 1 aliphatic heterocycles. The summed E-state index contributed by atoms with van der Waals surface area (Å²) < 4.78 is 46.9. The van der Waals surface area contributed by atoms with Gasteiger partial charge in [0.05, 0.1) is 11.1 Å². The maximum atomic E-state index is 15.2. The normalized spacial score (nSPS) is 23.2. The van der Waals surface area contributed by atoms with Crippen molar-refractivity contribution in [3.05, 3.63) is 69.0 Å². The highest BCUT2D eigenvalue weighted by molar-refractivity contribution is 6.31. The van der Waals surface area contributed by atoms with Crippen LogP contribution in [-0.4, -0.2) is 40.4 Å². The Morgan fingerprint density at radius 3 is 2.13 bits per heavy atom. The number of hydrogen-bond donors (Lipinski definition) is 3. The standard InChI is InChI=1S/C24H25Cl2FN2O2.C2HF3O2/c1-13-10-14(8-9-16(13)25)24(12-28)18(11-23(2,3)4)29-21(22(30)31)19(24)15-6-5-7-17(26)20(15)27;3-2(4,5)1(6)7/h5-10,18-19,21,29H,11H2,1-4H3,(H,30,31);(H,6,7). The van der Waals surface area contributed by atoms with E-state index in [1.807, 2.05) is 27.7 Å². The molecule has 38 heavy (non-hydrogen) atoms. The minimum Gasteiger partial charge on any atom is -0.480 e. The number of nitriles is 1. The number of aryl methyl sites for hydroxylation is 1. The molecule has 1 fully saturated rings. The minimum atomic E-state index is -5.08. The van der Waals surface area contributed by atoms with Gasteiger partial charge in [0.1, 0.15) is 17.3 Å². The highest BCUT2D eigenvalue weighted by Crippen LogP contribution is 2.52. The van der Waals surface area contributed by atoms with Crippen molar-refractivity contribution in [2.75, 3.05) is 0 Å². The zero-order chi connectivity index (χ0) is 29.2. The van der Waals surface area contributed by atoms with Crippen LogP contribution in [-0.2, 0) is 15.0 Å². The molecule has 4 unspecified atom stereocenters. The molecule has 2 aromatic carbocycles. The Labute approximate surface area is 227 Å². The van der Waals surface area contributed by atoms with Crippen LogP contribution >= 0.6 is 23.2 Å². The van der Waals surface area contributed by atoms with Crippen LogP contribution in [0.5, 0.6) is 0 Å². The van der Waals surface area contributed by atoms with Crippen LogP contribution in [0, 0.1) is 29.5 Å². The van der Waals surface area contributed by atoms with Crippen molar-refractivity contribution >= 4 is 35.1 Å². The molecular formula is C26H26Cl2F4N2O4. The monoisotopic (exact) mass is 576 g/mol. The van der Waals surface area contributed by atoms with Crippen LogP contribution in [0.15, 0.2) is 36.4 Å². The number of nitrogens with zero attached hydrogens (tertiary/aromatic N) is 1. The fraction of sp³-hybridized carbons (Fsp3) is 0.423. The van der Waals surface area contributed by atoms with Crippen LogP contribution < -0.4 is 5.32 Å². The summed E-state index contributed by atoms with van der Waals surface area (Å²) in [6, 6.07) is 10.4. The Balaban J connectivity index is 0.000000638. The number of benzene rings is 2. The lowest BCUT2D eigenvalue weighted by Crippen LogP contribution is -2.44. The van der Waals surface area contributed by atoms with Gasteiger partial charge >= 0.3 is 18.1 Å². The molecule has 4 atom stereocenters. The molecule has 0 amide bonds. The Bertz CT molecular complexity index is 1260. The molecule has 3 rings (SSSR count). The number of carboxylic acids is 2. The topological polar surface area (TPSA) is 110 Å². The number of aliphatic carboxylic acids is 2. The van der Waals surface area contributed by atoms with Crippen molar-refractivity contribution in [1.29, 1.82) is 5.26 Å². The molecular weight excluding hydrogens is 551 g/mol.